The quantitative estimate of drug-likeness (QED) is 0.498. The molecule has 0 aliphatic carbocycles. The van der Waals surface area contributed by atoms with Crippen LogP contribution < -0.4 is 0 Å². The van der Waals surface area contributed by atoms with Crippen molar-refractivity contribution >= 4 is 12.6 Å². The first kappa shape index (κ1) is 10.3. The van der Waals surface area contributed by atoms with Crippen molar-refractivity contribution in [3.8, 4) is 0 Å². The minimum atomic E-state index is 0.757. The molecule has 1 rings (SSSR count). The summed E-state index contributed by atoms with van der Waals surface area (Å²) >= 11 is 4.06. The first-order valence-corrected chi connectivity index (χ1v) is 5.05. The van der Waals surface area contributed by atoms with Gasteiger partial charge in [0.2, 0.25) is 0 Å². The molecular weight excluding hydrogens is 174 g/mol. The van der Waals surface area contributed by atoms with Gasteiger partial charge in [-0.05, 0) is 0 Å². The molecule has 0 saturated carbocycles. The summed E-state index contributed by atoms with van der Waals surface area (Å²) in [6.07, 6.45) is 0. The molecule has 0 radical (unpaired) electrons. The predicted molar refractivity (Wildman–Crippen MR) is 51.9 cm³/mol. The van der Waals surface area contributed by atoms with Gasteiger partial charge >= 0.3 is 0 Å². The fourth-order valence-corrected chi connectivity index (χ4v) is 1.31. The van der Waals surface area contributed by atoms with Gasteiger partial charge < -0.3 is 9.47 Å². The van der Waals surface area contributed by atoms with Crippen LogP contribution in [-0.4, -0.2) is 56.7 Å². The number of hydrogen-bond acceptors (Lipinski definition) is 4. The van der Waals surface area contributed by atoms with Crippen molar-refractivity contribution in [2.45, 2.75) is 0 Å². The van der Waals surface area contributed by atoms with E-state index < -0.39 is 0 Å². The molecule has 0 N–H and O–H groups in total. The molecular formula is C8H17NO2S. The number of nitrogens with zero attached hydrogens (tertiary/aromatic N) is 1. The Hall–Kier alpha value is 0.230. The highest BCUT2D eigenvalue weighted by Gasteiger charge is 2.08. The van der Waals surface area contributed by atoms with Crippen LogP contribution in [0.5, 0.6) is 0 Å². The number of thiol groups is 1. The normalized spacial score (nSPS) is 19.8. The number of morpholine rings is 1. The van der Waals surface area contributed by atoms with E-state index in [9.17, 15) is 0 Å². The van der Waals surface area contributed by atoms with E-state index in [0.717, 1.165) is 51.8 Å². The molecule has 0 unspecified atom stereocenters. The lowest BCUT2D eigenvalue weighted by atomic mass is 10.4. The summed E-state index contributed by atoms with van der Waals surface area (Å²) in [5, 5.41) is 0. The number of hydrogen-bond donors (Lipinski definition) is 1. The van der Waals surface area contributed by atoms with Gasteiger partial charge in [-0.2, -0.15) is 12.6 Å². The molecule has 0 atom stereocenters. The average Bonchev–Trinajstić information content (AvgIpc) is 2.14. The average molecular weight is 191 g/mol. The molecule has 72 valence electrons. The van der Waals surface area contributed by atoms with Gasteiger partial charge in [-0.1, -0.05) is 0 Å². The maximum absolute atomic E-state index is 5.33. The largest absolute Gasteiger partial charge is 0.379 e. The van der Waals surface area contributed by atoms with E-state index in [1.165, 1.54) is 0 Å². The van der Waals surface area contributed by atoms with E-state index in [0.29, 0.717) is 0 Å². The molecule has 1 fully saturated rings. The van der Waals surface area contributed by atoms with Crippen LogP contribution in [0.2, 0.25) is 0 Å². The Morgan fingerprint density at radius 1 is 1.25 bits per heavy atom. The molecule has 1 aliphatic heterocycles. The van der Waals surface area contributed by atoms with Gasteiger partial charge in [0.1, 0.15) is 0 Å². The highest BCUT2D eigenvalue weighted by atomic mass is 32.1. The number of rotatable bonds is 5. The molecule has 0 amide bonds. The summed E-state index contributed by atoms with van der Waals surface area (Å²) in [4.78, 5) is 2.36. The number of ether oxygens (including phenoxy) is 2. The predicted octanol–water partition coefficient (Wildman–Crippen LogP) is 0.265. The Balaban J connectivity index is 1.91. The van der Waals surface area contributed by atoms with Crippen LogP contribution >= 0.6 is 12.6 Å². The SMILES string of the molecule is SCCOCCN1CCOCC1. The molecule has 0 aromatic rings. The van der Waals surface area contributed by atoms with Gasteiger partial charge in [0.25, 0.3) is 0 Å². The fraction of sp³-hybridized carbons (Fsp3) is 1.00. The van der Waals surface area contributed by atoms with Crippen LogP contribution in [0, 0.1) is 0 Å². The zero-order chi connectivity index (χ0) is 8.65. The topological polar surface area (TPSA) is 21.7 Å². The molecule has 0 aromatic carbocycles. The van der Waals surface area contributed by atoms with Crippen molar-refractivity contribution in [1.29, 1.82) is 0 Å². The lowest BCUT2D eigenvalue weighted by Crippen LogP contribution is -2.38. The van der Waals surface area contributed by atoms with E-state index >= 15 is 0 Å². The Kier molecular flexibility index (Phi) is 5.77. The maximum atomic E-state index is 5.33. The van der Waals surface area contributed by atoms with E-state index in [1.807, 2.05) is 0 Å². The van der Waals surface area contributed by atoms with Gasteiger partial charge in [-0.3, -0.25) is 4.90 Å². The fourth-order valence-electron chi connectivity index (χ4n) is 1.19. The monoisotopic (exact) mass is 191 g/mol. The first-order chi connectivity index (χ1) is 5.93. The van der Waals surface area contributed by atoms with Crippen molar-refractivity contribution in [2.24, 2.45) is 0 Å². The zero-order valence-electron chi connectivity index (χ0n) is 7.37. The standard InChI is InChI=1S/C8H17NO2S/c12-8-7-11-6-3-9-1-4-10-5-2-9/h12H,1-8H2. The van der Waals surface area contributed by atoms with Crippen molar-refractivity contribution in [3.05, 3.63) is 0 Å². The lowest BCUT2D eigenvalue weighted by molar-refractivity contribution is 0.0222. The van der Waals surface area contributed by atoms with Crippen molar-refractivity contribution in [2.75, 3.05) is 51.8 Å². The maximum Gasteiger partial charge on any atom is 0.0594 e. The van der Waals surface area contributed by atoms with Gasteiger partial charge in [0, 0.05) is 25.4 Å². The van der Waals surface area contributed by atoms with Crippen LogP contribution in [0.3, 0.4) is 0 Å². The molecule has 0 spiro atoms. The second-order valence-corrected chi connectivity index (χ2v) is 3.24. The van der Waals surface area contributed by atoms with Crippen molar-refractivity contribution in [3.63, 3.8) is 0 Å². The lowest BCUT2D eigenvalue weighted by Gasteiger charge is -2.26. The van der Waals surface area contributed by atoms with Crippen LogP contribution in [0.4, 0.5) is 0 Å². The van der Waals surface area contributed by atoms with Gasteiger partial charge in [-0.25, -0.2) is 0 Å². The van der Waals surface area contributed by atoms with E-state index in [2.05, 4.69) is 17.5 Å². The molecule has 1 aliphatic rings. The van der Waals surface area contributed by atoms with E-state index in [1.54, 1.807) is 0 Å². The Morgan fingerprint density at radius 2 is 2.00 bits per heavy atom. The van der Waals surface area contributed by atoms with Crippen LogP contribution in [0.15, 0.2) is 0 Å². The molecule has 0 bridgehead atoms. The Bertz CT molecular complexity index is 107. The third-order valence-electron chi connectivity index (χ3n) is 1.89. The molecule has 4 heteroatoms. The molecule has 3 nitrogen and oxygen atoms in total. The minimum absolute atomic E-state index is 0.757. The summed E-state index contributed by atoms with van der Waals surface area (Å²) in [7, 11) is 0. The highest BCUT2D eigenvalue weighted by molar-refractivity contribution is 7.80. The molecule has 12 heavy (non-hydrogen) atoms. The summed E-state index contributed by atoms with van der Waals surface area (Å²) in [5.74, 6) is 0.809. The van der Waals surface area contributed by atoms with Crippen LogP contribution in [-0.2, 0) is 9.47 Å². The van der Waals surface area contributed by atoms with Crippen LogP contribution in [0.1, 0.15) is 0 Å². The molecule has 0 aromatic heterocycles. The van der Waals surface area contributed by atoms with Crippen molar-refractivity contribution in [1.82, 2.24) is 4.90 Å². The summed E-state index contributed by atoms with van der Waals surface area (Å²) < 4.78 is 10.6. The molecule has 1 heterocycles. The van der Waals surface area contributed by atoms with E-state index in [4.69, 9.17) is 9.47 Å². The van der Waals surface area contributed by atoms with Crippen LogP contribution in [0.25, 0.3) is 0 Å². The first-order valence-electron chi connectivity index (χ1n) is 4.42. The summed E-state index contributed by atoms with van der Waals surface area (Å²) in [5.41, 5.74) is 0. The Labute approximate surface area is 79.4 Å². The highest BCUT2D eigenvalue weighted by Crippen LogP contribution is 1.95. The third-order valence-corrected chi connectivity index (χ3v) is 2.07. The zero-order valence-corrected chi connectivity index (χ0v) is 8.26. The molecule has 1 saturated heterocycles. The van der Waals surface area contributed by atoms with Gasteiger partial charge in [0.05, 0.1) is 26.4 Å². The smallest absolute Gasteiger partial charge is 0.0594 e. The summed E-state index contributed by atoms with van der Waals surface area (Å²) in [6.45, 7) is 6.43. The Morgan fingerprint density at radius 3 is 2.67 bits per heavy atom. The van der Waals surface area contributed by atoms with Crippen molar-refractivity contribution < 1.29 is 9.47 Å². The summed E-state index contributed by atoms with van der Waals surface area (Å²) in [6, 6.07) is 0. The van der Waals surface area contributed by atoms with Gasteiger partial charge in [-0.15, -0.1) is 0 Å². The van der Waals surface area contributed by atoms with E-state index in [-0.39, 0.29) is 0 Å². The minimum Gasteiger partial charge on any atom is -0.379 e. The second-order valence-electron chi connectivity index (χ2n) is 2.79. The second kappa shape index (κ2) is 6.71. The van der Waals surface area contributed by atoms with Gasteiger partial charge in [0.15, 0.2) is 0 Å². The third kappa shape index (κ3) is 4.30.